The number of aromatic hydroxyl groups is 1. The first-order valence-electron chi connectivity index (χ1n) is 19.2. The lowest BCUT2D eigenvalue weighted by atomic mass is 9.85. The van der Waals surface area contributed by atoms with Gasteiger partial charge in [-0.3, -0.25) is 9.80 Å². The second-order valence-corrected chi connectivity index (χ2v) is 14.9. The third-order valence-electron chi connectivity index (χ3n) is 12.3. The standard InChI is InChI=1S/C44H52N2O10/c1-45-16-14-25-18-29(39(47)37-33(25)27(45)12-10-23-19-31(49-4)41(51-6)43(53-8)35(23)37)55-22-56-40-30(48-3)21-26-15-17-46(2)28-13-11-24-20-32(50-5)42(52-7)44(54-9)36(24)38(40)34(26)28/h18-21,27-28,47H,10-17,22H2,1-9H3/t27-,28-/m1/s1. The summed E-state index contributed by atoms with van der Waals surface area (Å²) < 4.78 is 54.8. The normalized spacial score (nSPS) is 18.2. The predicted octanol–water partition coefficient (Wildman–Crippen LogP) is 7.15. The number of nitrogens with zero attached hydrogens (tertiary/aromatic N) is 2. The molecule has 0 saturated heterocycles. The lowest BCUT2D eigenvalue weighted by Gasteiger charge is -2.36. The van der Waals surface area contributed by atoms with Gasteiger partial charge < -0.3 is 47.7 Å². The van der Waals surface area contributed by atoms with Crippen LogP contribution in [0.15, 0.2) is 24.3 Å². The highest BCUT2D eigenvalue weighted by Crippen LogP contribution is 2.59. The van der Waals surface area contributed by atoms with E-state index < -0.39 is 0 Å². The van der Waals surface area contributed by atoms with E-state index in [1.165, 1.54) is 11.1 Å². The molecule has 56 heavy (non-hydrogen) atoms. The van der Waals surface area contributed by atoms with E-state index in [1.807, 2.05) is 18.2 Å². The van der Waals surface area contributed by atoms with Gasteiger partial charge in [-0.1, -0.05) is 0 Å². The number of hydrogen-bond acceptors (Lipinski definition) is 12. The van der Waals surface area contributed by atoms with Gasteiger partial charge in [-0.25, -0.2) is 0 Å². The minimum Gasteiger partial charge on any atom is -0.504 e. The van der Waals surface area contributed by atoms with Crippen molar-refractivity contribution in [3.05, 3.63) is 57.6 Å². The summed E-state index contributed by atoms with van der Waals surface area (Å²) in [4.78, 5) is 4.77. The number of ether oxygens (including phenoxy) is 9. The molecular weight excluding hydrogens is 716 g/mol. The molecule has 0 spiro atoms. The number of fused-ring (bicyclic) bond motifs is 4. The second-order valence-electron chi connectivity index (χ2n) is 14.9. The van der Waals surface area contributed by atoms with E-state index in [9.17, 15) is 5.11 Å². The van der Waals surface area contributed by atoms with Crippen LogP contribution in [-0.2, 0) is 25.7 Å². The van der Waals surface area contributed by atoms with Crippen LogP contribution in [-0.4, -0.2) is 98.7 Å². The molecule has 2 aliphatic carbocycles. The highest BCUT2D eigenvalue weighted by atomic mass is 16.7. The maximum Gasteiger partial charge on any atom is 0.231 e. The molecule has 0 aromatic heterocycles. The molecule has 0 unspecified atom stereocenters. The molecule has 0 fully saturated rings. The van der Waals surface area contributed by atoms with Crippen LogP contribution in [0, 0.1) is 0 Å². The molecule has 0 radical (unpaired) electrons. The Balaban J connectivity index is 1.27. The summed E-state index contributed by atoms with van der Waals surface area (Å²) in [6.07, 6.45) is 4.95. The summed E-state index contributed by atoms with van der Waals surface area (Å²) in [5, 5.41) is 12.3. The lowest BCUT2D eigenvalue weighted by molar-refractivity contribution is 0.113. The van der Waals surface area contributed by atoms with E-state index >= 15 is 0 Å². The first-order chi connectivity index (χ1) is 27.2. The molecule has 298 valence electrons. The molecule has 8 rings (SSSR count). The molecule has 0 amide bonds. The first kappa shape index (κ1) is 37.7. The van der Waals surface area contributed by atoms with Crippen molar-refractivity contribution < 1.29 is 47.7 Å². The largest absolute Gasteiger partial charge is 0.504 e. The molecule has 2 aliphatic heterocycles. The number of rotatable bonds is 11. The Kier molecular flexibility index (Phi) is 10.1. The van der Waals surface area contributed by atoms with E-state index in [0.717, 1.165) is 90.6 Å². The SMILES string of the molecule is COc1cc2c(c(OC)c1OC)-c1c(O)c(OCOc3c(OC)cc4c5c3-c3c(cc(OC)c(OC)c3OC)CC[C@H]5N(C)CC4)cc3c1[C@@H](CC2)N(C)CC3. The highest BCUT2D eigenvalue weighted by molar-refractivity contribution is 5.90. The Labute approximate surface area is 328 Å². The minimum atomic E-state index is -0.210. The fourth-order valence-electron chi connectivity index (χ4n) is 9.67. The maximum atomic E-state index is 12.3. The summed E-state index contributed by atoms with van der Waals surface area (Å²) in [6, 6.07) is 8.32. The number of phenols is 1. The van der Waals surface area contributed by atoms with Gasteiger partial charge in [0.2, 0.25) is 18.3 Å². The summed E-state index contributed by atoms with van der Waals surface area (Å²) >= 11 is 0. The zero-order valence-corrected chi connectivity index (χ0v) is 33.8. The van der Waals surface area contributed by atoms with Crippen LogP contribution in [0.2, 0.25) is 0 Å². The summed E-state index contributed by atoms with van der Waals surface area (Å²) in [6.45, 7) is 1.59. The van der Waals surface area contributed by atoms with E-state index in [4.69, 9.17) is 42.6 Å². The summed E-state index contributed by atoms with van der Waals surface area (Å²) in [5.41, 5.74) is 9.88. The van der Waals surface area contributed by atoms with Gasteiger partial charge in [-0.15, -0.1) is 0 Å². The highest BCUT2D eigenvalue weighted by Gasteiger charge is 2.39. The quantitative estimate of drug-likeness (QED) is 0.157. The van der Waals surface area contributed by atoms with Crippen molar-refractivity contribution in [2.45, 2.75) is 50.6 Å². The Bertz CT molecular complexity index is 2180. The average Bonchev–Trinajstić information content (AvgIpc) is 3.50. The first-order valence-corrected chi connectivity index (χ1v) is 19.2. The lowest BCUT2D eigenvalue weighted by Crippen LogP contribution is -2.32. The van der Waals surface area contributed by atoms with Crippen LogP contribution in [0.5, 0.6) is 57.5 Å². The Morgan fingerprint density at radius 3 is 1.39 bits per heavy atom. The molecule has 12 heteroatoms. The topological polar surface area (TPSA) is 110 Å². The molecule has 12 nitrogen and oxygen atoms in total. The van der Waals surface area contributed by atoms with Crippen LogP contribution in [0.4, 0.5) is 0 Å². The van der Waals surface area contributed by atoms with Crippen LogP contribution >= 0.6 is 0 Å². The number of likely N-dealkylation sites (N-methyl/N-ethyl adjacent to an activating group) is 2. The van der Waals surface area contributed by atoms with E-state index in [0.29, 0.717) is 57.3 Å². The van der Waals surface area contributed by atoms with Gasteiger partial charge in [0.15, 0.2) is 46.0 Å². The van der Waals surface area contributed by atoms with Crippen LogP contribution < -0.4 is 42.6 Å². The van der Waals surface area contributed by atoms with Crippen molar-refractivity contribution in [2.24, 2.45) is 0 Å². The maximum absolute atomic E-state index is 12.3. The number of methoxy groups -OCH3 is 7. The molecule has 1 N–H and O–H groups in total. The number of hydrogen-bond donors (Lipinski definition) is 1. The number of phenolic OH excluding ortho intramolecular Hbond substituents is 1. The van der Waals surface area contributed by atoms with Gasteiger partial charge in [-0.2, -0.15) is 0 Å². The fourth-order valence-corrected chi connectivity index (χ4v) is 9.67. The van der Waals surface area contributed by atoms with Gasteiger partial charge in [0.1, 0.15) is 0 Å². The van der Waals surface area contributed by atoms with Crippen molar-refractivity contribution >= 4 is 0 Å². The molecule has 0 saturated carbocycles. The van der Waals surface area contributed by atoms with Crippen molar-refractivity contribution in [1.29, 1.82) is 0 Å². The van der Waals surface area contributed by atoms with Crippen LogP contribution in [0.25, 0.3) is 22.3 Å². The average molecular weight is 769 g/mol. The monoisotopic (exact) mass is 768 g/mol. The number of aryl methyl sites for hydroxylation is 2. The molecule has 2 heterocycles. The van der Waals surface area contributed by atoms with E-state index in [2.05, 4.69) is 30.0 Å². The Morgan fingerprint density at radius 1 is 0.482 bits per heavy atom. The zero-order valence-electron chi connectivity index (χ0n) is 33.8. The van der Waals surface area contributed by atoms with Crippen molar-refractivity contribution in [3.63, 3.8) is 0 Å². The molecule has 0 bridgehead atoms. The third kappa shape index (κ3) is 5.79. The van der Waals surface area contributed by atoms with E-state index in [1.54, 1.807) is 49.8 Å². The van der Waals surface area contributed by atoms with Gasteiger partial charge >= 0.3 is 0 Å². The van der Waals surface area contributed by atoms with Crippen molar-refractivity contribution in [3.8, 4) is 79.7 Å². The van der Waals surface area contributed by atoms with Crippen molar-refractivity contribution in [2.75, 3.05) is 83.7 Å². The predicted molar refractivity (Wildman–Crippen MR) is 212 cm³/mol. The van der Waals surface area contributed by atoms with Crippen LogP contribution in [0.1, 0.15) is 58.3 Å². The summed E-state index contributed by atoms with van der Waals surface area (Å²) in [5.74, 6) is 4.68. The smallest absolute Gasteiger partial charge is 0.231 e. The minimum absolute atomic E-state index is 0.0161. The van der Waals surface area contributed by atoms with E-state index in [-0.39, 0.29) is 24.6 Å². The summed E-state index contributed by atoms with van der Waals surface area (Å²) in [7, 11) is 15.7. The Hall–Kier alpha value is -5.20. The van der Waals surface area contributed by atoms with Gasteiger partial charge in [-0.05, 0) is 110 Å². The molecule has 2 atom stereocenters. The fraction of sp³-hybridized carbons (Fsp3) is 0.455. The molecule has 4 aliphatic rings. The molecule has 4 aromatic carbocycles. The van der Waals surface area contributed by atoms with Gasteiger partial charge in [0.05, 0.1) is 49.8 Å². The van der Waals surface area contributed by atoms with Gasteiger partial charge in [0.25, 0.3) is 0 Å². The van der Waals surface area contributed by atoms with Gasteiger partial charge in [0, 0.05) is 47.4 Å². The third-order valence-corrected chi connectivity index (χ3v) is 12.3. The zero-order chi connectivity index (χ0) is 39.4. The molecular formula is C44H52N2O10. The van der Waals surface area contributed by atoms with Crippen LogP contribution in [0.3, 0.4) is 0 Å². The van der Waals surface area contributed by atoms with Crippen molar-refractivity contribution in [1.82, 2.24) is 9.80 Å². The Morgan fingerprint density at radius 2 is 0.911 bits per heavy atom. The molecule has 4 aromatic rings. The number of benzene rings is 4. The second kappa shape index (κ2) is 15.0.